The van der Waals surface area contributed by atoms with Gasteiger partial charge in [0.05, 0.1) is 0 Å². The number of thioether (sulfide) groups is 1. The fourth-order valence-corrected chi connectivity index (χ4v) is 3.12. The van der Waals surface area contributed by atoms with Crippen molar-refractivity contribution in [2.24, 2.45) is 10.7 Å². The lowest BCUT2D eigenvalue weighted by Gasteiger charge is -2.22. The van der Waals surface area contributed by atoms with Crippen LogP contribution in [0.1, 0.15) is 56.9 Å². The summed E-state index contributed by atoms with van der Waals surface area (Å²) in [6, 6.07) is 4.87. The number of nitrogens with two attached hydrogens (primary N) is 1. The number of benzene rings is 1. The average molecular weight is 292 g/mol. The predicted molar refractivity (Wildman–Crippen MR) is 92.7 cm³/mol. The van der Waals surface area contributed by atoms with E-state index in [0.717, 1.165) is 5.75 Å². The summed E-state index contributed by atoms with van der Waals surface area (Å²) in [7, 11) is 0. The van der Waals surface area contributed by atoms with Crippen molar-refractivity contribution in [3.63, 3.8) is 0 Å². The van der Waals surface area contributed by atoms with Gasteiger partial charge in [-0.25, -0.2) is 0 Å². The number of amidine groups is 1. The first-order chi connectivity index (χ1) is 9.11. The zero-order chi connectivity index (χ0) is 15.5. The second-order valence-electron chi connectivity index (χ2n) is 6.69. The van der Waals surface area contributed by atoms with E-state index in [4.69, 9.17) is 5.73 Å². The van der Waals surface area contributed by atoms with Gasteiger partial charge in [-0.3, -0.25) is 4.99 Å². The molecule has 20 heavy (non-hydrogen) atoms. The van der Waals surface area contributed by atoms with E-state index < -0.39 is 0 Å². The molecule has 0 saturated carbocycles. The zero-order valence-corrected chi connectivity index (χ0v) is 14.7. The highest BCUT2D eigenvalue weighted by Gasteiger charge is 2.16. The first-order valence-electron chi connectivity index (χ1n) is 7.18. The monoisotopic (exact) mass is 292 g/mol. The molecular formula is C17H28N2S. The molecule has 0 aliphatic rings. The Kier molecular flexibility index (Phi) is 5.69. The lowest BCUT2D eigenvalue weighted by molar-refractivity contribution is 0.589. The van der Waals surface area contributed by atoms with E-state index in [0.29, 0.717) is 5.17 Å². The van der Waals surface area contributed by atoms with E-state index in [9.17, 15) is 0 Å². The lowest BCUT2D eigenvalue weighted by Crippen LogP contribution is -2.13. The molecule has 0 amide bonds. The molecule has 2 N–H and O–H groups in total. The minimum Gasteiger partial charge on any atom is -0.379 e. The molecule has 0 radical (unpaired) electrons. The molecular weight excluding hydrogens is 264 g/mol. The third-order valence-electron chi connectivity index (χ3n) is 3.31. The molecule has 0 bridgehead atoms. The molecule has 0 spiro atoms. The van der Waals surface area contributed by atoms with Crippen LogP contribution in [0.15, 0.2) is 17.1 Å². The molecule has 0 saturated heterocycles. The summed E-state index contributed by atoms with van der Waals surface area (Å²) >= 11 is 1.63. The molecule has 1 rings (SSSR count). The Bertz CT molecular complexity index is 473. The molecule has 3 heteroatoms. The zero-order valence-electron chi connectivity index (χ0n) is 13.9. The number of rotatable bonds is 3. The number of aliphatic imine (C=N–C) groups is 1. The van der Waals surface area contributed by atoms with Crippen LogP contribution in [0.5, 0.6) is 0 Å². The second kappa shape index (κ2) is 6.66. The Hall–Kier alpha value is -0.960. The van der Waals surface area contributed by atoms with Gasteiger partial charge in [0.2, 0.25) is 0 Å². The van der Waals surface area contributed by atoms with Crippen LogP contribution < -0.4 is 5.73 Å². The molecule has 0 fully saturated rings. The highest BCUT2D eigenvalue weighted by Crippen LogP contribution is 2.28. The minimum absolute atomic E-state index is 0.194. The molecule has 0 aromatic heterocycles. The quantitative estimate of drug-likeness (QED) is 0.655. The van der Waals surface area contributed by atoms with Gasteiger partial charge >= 0.3 is 0 Å². The van der Waals surface area contributed by atoms with Gasteiger partial charge in [-0.2, -0.15) is 0 Å². The number of hydrogen-bond acceptors (Lipinski definition) is 2. The number of nitrogens with zero attached hydrogens (tertiary/aromatic N) is 1. The molecule has 0 aliphatic heterocycles. The summed E-state index contributed by atoms with van der Waals surface area (Å²) in [6.45, 7) is 15.2. The topological polar surface area (TPSA) is 38.4 Å². The van der Waals surface area contributed by atoms with Crippen LogP contribution in [-0.4, -0.2) is 11.2 Å². The van der Waals surface area contributed by atoms with Crippen molar-refractivity contribution >= 4 is 16.9 Å². The van der Waals surface area contributed by atoms with Crippen molar-refractivity contribution in [3.05, 3.63) is 34.4 Å². The van der Waals surface area contributed by atoms with Gasteiger partial charge in [0, 0.05) is 11.8 Å². The van der Waals surface area contributed by atoms with E-state index in [2.05, 4.69) is 51.7 Å². The minimum atomic E-state index is 0.194. The summed E-state index contributed by atoms with van der Waals surface area (Å²) in [4.78, 5) is 4.37. The SMILES string of the molecule is Cc1cc(C(C)(C)C)cc(C)c1CSC(N)=NC(C)C. The molecule has 1 aromatic carbocycles. The Labute approximate surface area is 128 Å². The largest absolute Gasteiger partial charge is 0.379 e. The van der Waals surface area contributed by atoms with Crippen LogP contribution in [0.3, 0.4) is 0 Å². The Morgan fingerprint density at radius 2 is 1.70 bits per heavy atom. The maximum Gasteiger partial charge on any atom is 0.154 e. The summed E-state index contributed by atoms with van der Waals surface area (Å²) in [5.41, 5.74) is 11.6. The van der Waals surface area contributed by atoms with E-state index >= 15 is 0 Å². The van der Waals surface area contributed by atoms with Crippen LogP contribution >= 0.6 is 11.8 Å². The first-order valence-corrected chi connectivity index (χ1v) is 8.16. The third-order valence-corrected chi connectivity index (χ3v) is 4.15. The molecule has 2 nitrogen and oxygen atoms in total. The molecule has 0 heterocycles. The summed E-state index contributed by atoms with van der Waals surface area (Å²) in [6.07, 6.45) is 0. The fourth-order valence-electron chi connectivity index (χ4n) is 2.09. The highest BCUT2D eigenvalue weighted by molar-refractivity contribution is 8.13. The van der Waals surface area contributed by atoms with Crippen LogP contribution in [0, 0.1) is 13.8 Å². The van der Waals surface area contributed by atoms with E-state index in [1.807, 2.05) is 13.8 Å². The second-order valence-corrected chi connectivity index (χ2v) is 7.68. The van der Waals surface area contributed by atoms with Crippen molar-refractivity contribution in [1.82, 2.24) is 0 Å². The van der Waals surface area contributed by atoms with Gasteiger partial charge in [-0.15, -0.1) is 0 Å². The van der Waals surface area contributed by atoms with Gasteiger partial charge in [0.15, 0.2) is 5.17 Å². The third kappa shape index (κ3) is 4.86. The molecule has 1 aromatic rings. The van der Waals surface area contributed by atoms with E-state index in [1.165, 1.54) is 22.3 Å². The van der Waals surface area contributed by atoms with Crippen molar-refractivity contribution in [2.45, 2.75) is 65.7 Å². The summed E-state index contributed by atoms with van der Waals surface area (Å²) in [5.74, 6) is 0.893. The Morgan fingerprint density at radius 1 is 1.20 bits per heavy atom. The van der Waals surface area contributed by atoms with Gasteiger partial charge in [0.25, 0.3) is 0 Å². The summed E-state index contributed by atoms with van der Waals surface area (Å²) in [5, 5.41) is 0.679. The predicted octanol–water partition coefficient (Wildman–Crippen LogP) is 4.56. The van der Waals surface area contributed by atoms with Gasteiger partial charge < -0.3 is 5.73 Å². The number of aryl methyl sites for hydroxylation is 2. The van der Waals surface area contributed by atoms with Gasteiger partial charge in [0.1, 0.15) is 0 Å². The average Bonchev–Trinajstić information content (AvgIpc) is 2.25. The highest BCUT2D eigenvalue weighted by atomic mass is 32.2. The van der Waals surface area contributed by atoms with Crippen molar-refractivity contribution in [3.8, 4) is 0 Å². The van der Waals surface area contributed by atoms with Gasteiger partial charge in [-0.1, -0.05) is 44.7 Å². The molecule has 0 atom stereocenters. The Morgan fingerprint density at radius 3 is 2.10 bits per heavy atom. The van der Waals surface area contributed by atoms with Crippen LogP contribution in [0.4, 0.5) is 0 Å². The number of hydrogen-bond donors (Lipinski definition) is 1. The maximum absolute atomic E-state index is 5.93. The molecule has 0 unspecified atom stereocenters. The smallest absolute Gasteiger partial charge is 0.154 e. The lowest BCUT2D eigenvalue weighted by atomic mass is 9.84. The van der Waals surface area contributed by atoms with Crippen molar-refractivity contribution in [2.75, 3.05) is 0 Å². The summed E-state index contributed by atoms with van der Waals surface area (Å²) < 4.78 is 0. The normalized spacial score (nSPS) is 13.1. The maximum atomic E-state index is 5.93. The van der Waals surface area contributed by atoms with Crippen LogP contribution in [0.2, 0.25) is 0 Å². The molecule has 0 aliphatic carbocycles. The standard InChI is InChI=1S/C17H28N2S/c1-11(2)19-16(18)20-10-15-12(3)8-14(9-13(15)4)17(5,6)7/h8-9,11H,10H2,1-7H3,(H2,18,19). The van der Waals surface area contributed by atoms with Crippen molar-refractivity contribution < 1.29 is 0 Å². The molecule has 112 valence electrons. The van der Waals surface area contributed by atoms with E-state index in [1.54, 1.807) is 11.8 Å². The van der Waals surface area contributed by atoms with Crippen molar-refractivity contribution in [1.29, 1.82) is 0 Å². The van der Waals surface area contributed by atoms with Crippen LogP contribution in [0.25, 0.3) is 0 Å². The Balaban J connectivity index is 2.93. The first kappa shape index (κ1) is 17.1. The van der Waals surface area contributed by atoms with E-state index in [-0.39, 0.29) is 11.5 Å². The van der Waals surface area contributed by atoms with Gasteiger partial charge in [-0.05, 0) is 55.4 Å². The fraction of sp³-hybridized carbons (Fsp3) is 0.588. The van der Waals surface area contributed by atoms with Crippen LogP contribution in [-0.2, 0) is 11.2 Å².